The molecule has 4 rings (SSSR count). The summed E-state index contributed by atoms with van der Waals surface area (Å²) >= 11 is 0. The van der Waals surface area contributed by atoms with E-state index in [2.05, 4.69) is 29.6 Å². The van der Waals surface area contributed by atoms with Crippen LogP contribution in [-0.2, 0) is 43.5 Å². The topological polar surface area (TPSA) is 58.2 Å². The first kappa shape index (κ1) is 25.5. The van der Waals surface area contributed by atoms with Crippen LogP contribution in [0.15, 0.2) is 91.0 Å². The van der Waals surface area contributed by atoms with Crippen molar-refractivity contribution < 1.29 is 23.7 Å². The van der Waals surface area contributed by atoms with E-state index < -0.39 is 6.29 Å². The van der Waals surface area contributed by atoms with Gasteiger partial charge in [-0.05, 0) is 23.7 Å². The number of nitrogens with one attached hydrogen (secondary N) is 1. The maximum atomic E-state index is 6.50. The van der Waals surface area contributed by atoms with Crippen molar-refractivity contribution in [3.63, 3.8) is 0 Å². The van der Waals surface area contributed by atoms with Crippen molar-refractivity contribution in [3.8, 4) is 0 Å². The van der Waals surface area contributed by atoms with E-state index in [0.717, 1.165) is 16.7 Å². The predicted molar refractivity (Wildman–Crippen MR) is 135 cm³/mol. The van der Waals surface area contributed by atoms with E-state index >= 15 is 0 Å². The minimum Gasteiger partial charge on any atom is -0.374 e. The van der Waals surface area contributed by atoms with Crippen LogP contribution in [0, 0.1) is 0 Å². The summed E-state index contributed by atoms with van der Waals surface area (Å²) in [5.41, 5.74) is 3.30. The summed E-state index contributed by atoms with van der Waals surface area (Å²) in [6.07, 6.45) is -1.54. The molecule has 6 nitrogen and oxygen atoms in total. The molecule has 0 bridgehead atoms. The van der Waals surface area contributed by atoms with Gasteiger partial charge >= 0.3 is 0 Å². The van der Waals surface area contributed by atoms with E-state index in [1.54, 1.807) is 7.11 Å². The average Bonchev–Trinajstić information content (AvgIpc) is 2.92. The van der Waals surface area contributed by atoms with Crippen molar-refractivity contribution in [2.75, 3.05) is 20.8 Å². The normalized spacial score (nSPS) is 24.3. The quantitative estimate of drug-likeness (QED) is 0.419. The Morgan fingerprint density at radius 2 is 1.17 bits per heavy atom. The molecule has 3 aromatic rings. The van der Waals surface area contributed by atoms with E-state index in [9.17, 15) is 0 Å². The van der Waals surface area contributed by atoms with Crippen LogP contribution in [0.5, 0.6) is 0 Å². The third-order valence-corrected chi connectivity index (χ3v) is 6.18. The molecule has 6 heteroatoms. The molecule has 5 atom stereocenters. The maximum absolute atomic E-state index is 6.50. The molecule has 1 aliphatic rings. The van der Waals surface area contributed by atoms with E-state index in [1.807, 2.05) is 73.8 Å². The molecule has 1 saturated heterocycles. The molecule has 186 valence electrons. The zero-order valence-electron chi connectivity index (χ0n) is 20.4. The standard InChI is InChI=1S/C29H35NO5/c1-30-26-28(34-20-24-16-10-5-11-17-24)27(33-19-23-14-8-4-9-15-23)25(35-29(26)31-2)21-32-18-22-12-6-3-7-13-22/h3-17,25-30H,18-21H2,1-2H3/t25-,26-,27-,28-,29-/m1/s1. The second kappa shape index (κ2) is 13.5. The lowest BCUT2D eigenvalue weighted by Gasteiger charge is -2.45. The van der Waals surface area contributed by atoms with Crippen LogP contribution in [0.25, 0.3) is 0 Å². The molecule has 35 heavy (non-hydrogen) atoms. The van der Waals surface area contributed by atoms with Crippen molar-refractivity contribution in [1.29, 1.82) is 0 Å². The van der Waals surface area contributed by atoms with Gasteiger partial charge in [0.05, 0.1) is 32.5 Å². The van der Waals surface area contributed by atoms with Gasteiger partial charge in [-0.25, -0.2) is 0 Å². The Balaban J connectivity index is 1.51. The Kier molecular flexibility index (Phi) is 9.84. The van der Waals surface area contributed by atoms with Crippen LogP contribution in [0.2, 0.25) is 0 Å². The van der Waals surface area contributed by atoms with Gasteiger partial charge in [0, 0.05) is 7.11 Å². The highest BCUT2D eigenvalue weighted by molar-refractivity contribution is 5.15. The van der Waals surface area contributed by atoms with Crippen LogP contribution in [-0.4, -0.2) is 51.4 Å². The second-order valence-electron chi connectivity index (χ2n) is 8.62. The zero-order chi connectivity index (χ0) is 24.3. The van der Waals surface area contributed by atoms with Gasteiger partial charge in [-0.2, -0.15) is 0 Å². The molecular formula is C29H35NO5. The smallest absolute Gasteiger partial charge is 0.175 e. The molecule has 0 amide bonds. The lowest BCUT2D eigenvalue weighted by Crippen LogP contribution is -2.64. The lowest BCUT2D eigenvalue weighted by atomic mass is 9.96. The number of methoxy groups -OCH3 is 1. The summed E-state index contributed by atoms with van der Waals surface area (Å²) in [5, 5.41) is 3.33. The SMILES string of the molecule is CN[C@H]1[C@H](OC)O[C@H](COCc2ccccc2)[C@@H](OCc2ccccc2)[C@@H]1OCc1ccccc1. The van der Waals surface area contributed by atoms with Crippen LogP contribution >= 0.6 is 0 Å². The number of rotatable bonds is 12. The number of benzene rings is 3. The highest BCUT2D eigenvalue weighted by Crippen LogP contribution is 2.28. The molecular weight excluding hydrogens is 442 g/mol. The molecule has 1 N–H and O–H groups in total. The van der Waals surface area contributed by atoms with Crippen molar-refractivity contribution in [2.24, 2.45) is 0 Å². The third kappa shape index (κ3) is 7.21. The Morgan fingerprint density at radius 3 is 1.66 bits per heavy atom. The maximum Gasteiger partial charge on any atom is 0.175 e. The fraction of sp³-hybridized carbons (Fsp3) is 0.379. The van der Waals surface area contributed by atoms with Gasteiger partial charge < -0.3 is 29.0 Å². The largest absolute Gasteiger partial charge is 0.374 e. The second-order valence-corrected chi connectivity index (χ2v) is 8.62. The van der Waals surface area contributed by atoms with Crippen LogP contribution in [0.1, 0.15) is 16.7 Å². The lowest BCUT2D eigenvalue weighted by molar-refractivity contribution is -0.284. The third-order valence-electron chi connectivity index (χ3n) is 6.18. The zero-order valence-corrected chi connectivity index (χ0v) is 20.4. The number of ether oxygens (including phenoxy) is 5. The monoisotopic (exact) mass is 477 g/mol. The van der Waals surface area contributed by atoms with Gasteiger partial charge in [-0.1, -0.05) is 91.0 Å². The molecule has 0 unspecified atom stereocenters. The highest BCUT2D eigenvalue weighted by atomic mass is 16.7. The van der Waals surface area contributed by atoms with Gasteiger partial charge in [0.25, 0.3) is 0 Å². The molecule has 0 aliphatic carbocycles. The first-order valence-electron chi connectivity index (χ1n) is 12.1. The minimum atomic E-state index is -0.498. The molecule has 1 heterocycles. The molecule has 0 saturated carbocycles. The fourth-order valence-corrected chi connectivity index (χ4v) is 4.34. The summed E-state index contributed by atoms with van der Waals surface area (Å²) < 4.78 is 31.1. The van der Waals surface area contributed by atoms with Crippen molar-refractivity contribution in [2.45, 2.75) is 50.5 Å². The molecule has 0 spiro atoms. The van der Waals surface area contributed by atoms with E-state index in [1.165, 1.54) is 0 Å². The minimum absolute atomic E-state index is 0.213. The van der Waals surface area contributed by atoms with Crippen LogP contribution < -0.4 is 5.32 Å². The first-order valence-corrected chi connectivity index (χ1v) is 12.1. The summed E-state index contributed by atoms with van der Waals surface area (Å²) in [5.74, 6) is 0. The Morgan fingerprint density at radius 1 is 0.686 bits per heavy atom. The predicted octanol–water partition coefficient (Wildman–Crippen LogP) is 4.33. The van der Waals surface area contributed by atoms with Crippen molar-refractivity contribution >= 4 is 0 Å². The van der Waals surface area contributed by atoms with Crippen LogP contribution in [0.4, 0.5) is 0 Å². The molecule has 3 aromatic carbocycles. The average molecular weight is 478 g/mol. The van der Waals surface area contributed by atoms with Crippen molar-refractivity contribution in [3.05, 3.63) is 108 Å². The van der Waals surface area contributed by atoms with Gasteiger partial charge in [0.1, 0.15) is 18.3 Å². The van der Waals surface area contributed by atoms with Crippen LogP contribution in [0.3, 0.4) is 0 Å². The van der Waals surface area contributed by atoms with Gasteiger partial charge in [-0.15, -0.1) is 0 Å². The Bertz CT molecular complexity index is 972. The molecule has 0 aromatic heterocycles. The van der Waals surface area contributed by atoms with E-state index in [0.29, 0.717) is 26.4 Å². The summed E-state index contributed by atoms with van der Waals surface area (Å²) in [4.78, 5) is 0. The highest BCUT2D eigenvalue weighted by Gasteiger charge is 2.47. The van der Waals surface area contributed by atoms with E-state index in [-0.39, 0.29) is 24.4 Å². The summed E-state index contributed by atoms with van der Waals surface area (Å²) in [6, 6.07) is 30.2. The summed E-state index contributed by atoms with van der Waals surface area (Å²) in [6.45, 7) is 1.76. The van der Waals surface area contributed by atoms with Crippen molar-refractivity contribution in [1.82, 2.24) is 5.32 Å². The fourth-order valence-electron chi connectivity index (χ4n) is 4.34. The number of hydrogen-bond donors (Lipinski definition) is 1. The molecule has 1 aliphatic heterocycles. The van der Waals surface area contributed by atoms with E-state index in [4.69, 9.17) is 23.7 Å². The Hall–Kier alpha value is -2.58. The number of likely N-dealkylation sites (N-methyl/N-ethyl adjacent to an activating group) is 1. The van der Waals surface area contributed by atoms with Gasteiger partial charge in [0.2, 0.25) is 0 Å². The Labute approximate surface area is 208 Å². The molecule has 1 fully saturated rings. The summed E-state index contributed by atoms with van der Waals surface area (Å²) in [7, 11) is 3.54. The van der Waals surface area contributed by atoms with Gasteiger partial charge in [-0.3, -0.25) is 0 Å². The number of hydrogen-bond acceptors (Lipinski definition) is 6. The first-order chi connectivity index (χ1) is 17.3. The van der Waals surface area contributed by atoms with Gasteiger partial charge in [0.15, 0.2) is 6.29 Å². The molecule has 0 radical (unpaired) electrons.